The van der Waals surface area contributed by atoms with Crippen LogP contribution in [0.5, 0.6) is 0 Å². The molecular formula is C25H30F3NO6. The summed E-state index contributed by atoms with van der Waals surface area (Å²) in [6, 6.07) is 11.0. The van der Waals surface area contributed by atoms with Crippen LogP contribution in [0.2, 0.25) is 0 Å². The SMILES string of the molecule is CC(C)(C)OC(=O)CCOCCOCCOC(=O)c1ccccc1Nc1cccc(C(F)(F)F)c1. The number of para-hydroxylation sites is 1. The number of carbonyl (C=O) groups is 2. The van der Waals surface area contributed by atoms with Crippen LogP contribution < -0.4 is 5.32 Å². The van der Waals surface area contributed by atoms with Gasteiger partial charge in [0, 0.05) is 5.69 Å². The quantitative estimate of drug-likeness (QED) is 0.312. The van der Waals surface area contributed by atoms with Crippen molar-refractivity contribution in [1.29, 1.82) is 0 Å². The molecule has 0 spiro atoms. The number of ether oxygens (including phenoxy) is 4. The van der Waals surface area contributed by atoms with Gasteiger partial charge in [0.25, 0.3) is 0 Å². The molecule has 35 heavy (non-hydrogen) atoms. The fourth-order valence-electron chi connectivity index (χ4n) is 2.84. The van der Waals surface area contributed by atoms with Crippen LogP contribution in [0.25, 0.3) is 0 Å². The number of anilines is 2. The minimum atomic E-state index is -4.47. The largest absolute Gasteiger partial charge is 0.460 e. The van der Waals surface area contributed by atoms with Gasteiger partial charge in [-0.05, 0) is 51.1 Å². The second-order valence-corrected chi connectivity index (χ2v) is 8.45. The normalized spacial score (nSPS) is 11.7. The van der Waals surface area contributed by atoms with Crippen LogP contribution >= 0.6 is 0 Å². The first-order chi connectivity index (χ1) is 16.5. The van der Waals surface area contributed by atoms with Crippen LogP contribution in [-0.2, 0) is 29.9 Å². The zero-order valence-corrected chi connectivity index (χ0v) is 19.9. The van der Waals surface area contributed by atoms with Crippen molar-refractivity contribution in [2.75, 3.05) is 38.4 Å². The summed E-state index contributed by atoms with van der Waals surface area (Å²) in [5.41, 5.74) is -0.651. The van der Waals surface area contributed by atoms with E-state index in [-0.39, 0.29) is 56.7 Å². The number of rotatable bonds is 12. The lowest BCUT2D eigenvalue weighted by Crippen LogP contribution is -2.24. The molecule has 10 heteroatoms. The maximum absolute atomic E-state index is 12.9. The number of benzene rings is 2. The summed E-state index contributed by atoms with van der Waals surface area (Å²) < 4.78 is 59.9. The summed E-state index contributed by atoms with van der Waals surface area (Å²) in [5, 5.41) is 2.83. The van der Waals surface area contributed by atoms with Gasteiger partial charge in [-0.2, -0.15) is 13.2 Å². The van der Waals surface area contributed by atoms with Crippen molar-refractivity contribution in [2.45, 2.75) is 39.0 Å². The van der Waals surface area contributed by atoms with E-state index in [1.807, 2.05) is 0 Å². The lowest BCUT2D eigenvalue weighted by molar-refractivity contribution is -0.156. The van der Waals surface area contributed by atoms with E-state index in [1.165, 1.54) is 18.2 Å². The van der Waals surface area contributed by atoms with Gasteiger partial charge >= 0.3 is 18.1 Å². The number of carbonyl (C=O) groups excluding carboxylic acids is 2. The third-order valence-electron chi connectivity index (χ3n) is 4.32. The molecule has 192 valence electrons. The Balaban J connectivity index is 1.71. The molecule has 0 saturated heterocycles. The van der Waals surface area contributed by atoms with Crippen LogP contribution in [0.3, 0.4) is 0 Å². The summed E-state index contributed by atoms with van der Waals surface area (Å²) in [4.78, 5) is 24.0. The van der Waals surface area contributed by atoms with Crippen molar-refractivity contribution in [3.63, 3.8) is 0 Å². The van der Waals surface area contributed by atoms with E-state index in [0.29, 0.717) is 5.69 Å². The molecule has 2 aromatic carbocycles. The van der Waals surface area contributed by atoms with Crippen molar-refractivity contribution in [3.8, 4) is 0 Å². The molecule has 0 heterocycles. The molecule has 7 nitrogen and oxygen atoms in total. The molecular weight excluding hydrogens is 467 g/mol. The first-order valence-corrected chi connectivity index (χ1v) is 11.0. The average Bonchev–Trinajstić information content (AvgIpc) is 2.76. The second kappa shape index (κ2) is 13.1. The van der Waals surface area contributed by atoms with Gasteiger partial charge in [-0.25, -0.2) is 4.79 Å². The molecule has 0 fully saturated rings. The molecule has 1 N–H and O–H groups in total. The molecule has 0 aliphatic heterocycles. The van der Waals surface area contributed by atoms with Crippen molar-refractivity contribution in [3.05, 3.63) is 59.7 Å². The molecule has 2 aromatic rings. The van der Waals surface area contributed by atoms with E-state index >= 15 is 0 Å². The highest BCUT2D eigenvalue weighted by Gasteiger charge is 2.30. The molecule has 2 rings (SSSR count). The Morgan fingerprint density at radius 1 is 0.857 bits per heavy atom. The van der Waals surface area contributed by atoms with Gasteiger partial charge in [-0.1, -0.05) is 18.2 Å². The van der Waals surface area contributed by atoms with E-state index in [4.69, 9.17) is 18.9 Å². The predicted octanol–water partition coefficient (Wildman–Crippen LogP) is 5.37. The van der Waals surface area contributed by atoms with Gasteiger partial charge in [0.2, 0.25) is 0 Å². The van der Waals surface area contributed by atoms with Crippen molar-refractivity contribution < 1.29 is 41.7 Å². The fraction of sp³-hybridized carbons (Fsp3) is 0.440. The maximum atomic E-state index is 12.9. The number of nitrogens with one attached hydrogen (secondary N) is 1. The number of hydrogen-bond donors (Lipinski definition) is 1. The highest BCUT2D eigenvalue weighted by molar-refractivity contribution is 5.96. The predicted molar refractivity (Wildman–Crippen MR) is 124 cm³/mol. The summed E-state index contributed by atoms with van der Waals surface area (Å²) >= 11 is 0. The summed E-state index contributed by atoms with van der Waals surface area (Å²) in [5.74, 6) is -0.981. The van der Waals surface area contributed by atoms with Gasteiger partial charge < -0.3 is 24.3 Å². The standard InChI is InChI=1S/C25H30F3NO6/c1-24(2,3)35-22(30)11-12-32-13-14-33-15-16-34-23(31)20-9-4-5-10-21(20)29-19-8-6-7-18(17-19)25(26,27)28/h4-10,17,29H,11-16H2,1-3H3. The number of halogens is 3. The third-order valence-corrected chi connectivity index (χ3v) is 4.32. The third kappa shape index (κ3) is 10.8. The van der Waals surface area contributed by atoms with E-state index in [0.717, 1.165) is 12.1 Å². The Morgan fingerprint density at radius 3 is 2.20 bits per heavy atom. The molecule has 0 saturated carbocycles. The molecule has 0 amide bonds. The highest BCUT2D eigenvalue weighted by Crippen LogP contribution is 2.32. The average molecular weight is 498 g/mol. The summed E-state index contributed by atoms with van der Waals surface area (Å²) in [6.45, 7) is 6.20. The number of esters is 2. The molecule has 0 bridgehead atoms. The Kier molecular flexibility index (Phi) is 10.5. The van der Waals surface area contributed by atoms with Crippen LogP contribution in [0.4, 0.5) is 24.5 Å². The summed E-state index contributed by atoms with van der Waals surface area (Å²) in [7, 11) is 0. The van der Waals surface area contributed by atoms with Crippen LogP contribution in [0.1, 0.15) is 43.1 Å². The lowest BCUT2D eigenvalue weighted by atomic mass is 10.1. The monoisotopic (exact) mass is 497 g/mol. The molecule has 0 radical (unpaired) electrons. The van der Waals surface area contributed by atoms with E-state index < -0.39 is 23.3 Å². The first-order valence-electron chi connectivity index (χ1n) is 11.0. The Bertz CT molecular complexity index is 972. The first kappa shape index (κ1) is 28.1. The molecule has 0 unspecified atom stereocenters. The van der Waals surface area contributed by atoms with Crippen LogP contribution in [0.15, 0.2) is 48.5 Å². The molecule has 0 aromatic heterocycles. The van der Waals surface area contributed by atoms with Crippen LogP contribution in [0, 0.1) is 0 Å². The minimum absolute atomic E-state index is 0.0192. The Morgan fingerprint density at radius 2 is 1.51 bits per heavy atom. The van der Waals surface area contributed by atoms with Gasteiger partial charge in [-0.3, -0.25) is 4.79 Å². The van der Waals surface area contributed by atoms with E-state index in [2.05, 4.69) is 5.32 Å². The maximum Gasteiger partial charge on any atom is 0.416 e. The van der Waals surface area contributed by atoms with Crippen molar-refractivity contribution >= 4 is 23.3 Å². The number of hydrogen-bond acceptors (Lipinski definition) is 7. The zero-order chi connectivity index (χ0) is 25.9. The Hall–Kier alpha value is -3.11. The zero-order valence-electron chi connectivity index (χ0n) is 19.9. The molecule has 0 aliphatic carbocycles. The topological polar surface area (TPSA) is 83.1 Å². The Labute approximate surface area is 202 Å². The number of alkyl halides is 3. The van der Waals surface area contributed by atoms with E-state index in [1.54, 1.807) is 39.0 Å². The van der Waals surface area contributed by atoms with Crippen molar-refractivity contribution in [1.82, 2.24) is 0 Å². The van der Waals surface area contributed by atoms with Crippen LogP contribution in [-0.4, -0.2) is 50.6 Å². The second-order valence-electron chi connectivity index (χ2n) is 8.45. The minimum Gasteiger partial charge on any atom is -0.460 e. The van der Waals surface area contributed by atoms with Gasteiger partial charge in [0.05, 0.1) is 49.7 Å². The molecule has 0 atom stereocenters. The van der Waals surface area contributed by atoms with Gasteiger partial charge in [-0.15, -0.1) is 0 Å². The van der Waals surface area contributed by atoms with Gasteiger partial charge in [0.1, 0.15) is 12.2 Å². The molecule has 0 aliphatic rings. The van der Waals surface area contributed by atoms with E-state index in [9.17, 15) is 22.8 Å². The van der Waals surface area contributed by atoms with Gasteiger partial charge in [0.15, 0.2) is 0 Å². The highest BCUT2D eigenvalue weighted by atomic mass is 19.4. The van der Waals surface area contributed by atoms with Crippen molar-refractivity contribution in [2.24, 2.45) is 0 Å². The smallest absolute Gasteiger partial charge is 0.416 e. The fourth-order valence-corrected chi connectivity index (χ4v) is 2.84. The summed E-state index contributed by atoms with van der Waals surface area (Å²) in [6.07, 6.45) is -4.33. The lowest BCUT2D eigenvalue weighted by Gasteiger charge is -2.19.